The second-order valence-corrected chi connectivity index (χ2v) is 6.80. The maximum Gasteiger partial charge on any atom is 0.143 e. The first-order chi connectivity index (χ1) is 12.0. The van der Waals surface area contributed by atoms with Gasteiger partial charge in [-0.1, -0.05) is 29.3 Å². The van der Waals surface area contributed by atoms with Crippen LogP contribution in [0.5, 0.6) is 5.75 Å². The van der Waals surface area contributed by atoms with Gasteiger partial charge in [-0.3, -0.25) is 4.99 Å². The largest absolute Gasteiger partial charge is 0.506 e. The molecule has 0 bridgehead atoms. The van der Waals surface area contributed by atoms with Gasteiger partial charge in [0.05, 0.1) is 33.4 Å². The molecule has 2 heterocycles. The maximum absolute atomic E-state index is 10.6. The van der Waals surface area contributed by atoms with Gasteiger partial charge in [-0.05, 0) is 36.2 Å². The van der Waals surface area contributed by atoms with Crippen molar-refractivity contribution in [2.45, 2.75) is 13.5 Å². The summed E-state index contributed by atoms with van der Waals surface area (Å²) in [6, 6.07) is 9.17. The number of fused-ring (bicyclic) bond motifs is 3. The third-order valence-corrected chi connectivity index (χ3v) is 5.35. The average molecular weight is 370 g/mol. The molecule has 124 valence electrons. The zero-order valence-electron chi connectivity index (χ0n) is 13.3. The summed E-state index contributed by atoms with van der Waals surface area (Å²) in [4.78, 5) is 4.34. The molecule has 3 aromatic rings. The van der Waals surface area contributed by atoms with Crippen LogP contribution in [0.25, 0.3) is 22.0 Å². The molecule has 0 radical (unpaired) electrons. The molecule has 4 nitrogen and oxygen atoms in total. The highest BCUT2D eigenvalue weighted by molar-refractivity contribution is 6.42. The van der Waals surface area contributed by atoms with Gasteiger partial charge in [0.2, 0.25) is 0 Å². The molecule has 0 aliphatic carbocycles. The van der Waals surface area contributed by atoms with E-state index in [0.717, 1.165) is 34.4 Å². The van der Waals surface area contributed by atoms with Gasteiger partial charge in [-0.15, -0.1) is 0 Å². The van der Waals surface area contributed by atoms with Crippen LogP contribution in [0.1, 0.15) is 16.8 Å². The van der Waals surface area contributed by atoms with E-state index in [-0.39, 0.29) is 11.3 Å². The van der Waals surface area contributed by atoms with Gasteiger partial charge in [0, 0.05) is 23.7 Å². The molecule has 0 fully saturated rings. The monoisotopic (exact) mass is 369 g/mol. The number of aliphatic imine (C=N–C) groups is 1. The molecule has 0 unspecified atom stereocenters. The lowest BCUT2D eigenvalue weighted by Crippen LogP contribution is -2.11. The summed E-state index contributed by atoms with van der Waals surface area (Å²) in [6.07, 6.45) is 1.82. The summed E-state index contributed by atoms with van der Waals surface area (Å²) in [6.45, 7) is 3.33. The van der Waals surface area contributed by atoms with Crippen molar-refractivity contribution in [3.8, 4) is 22.9 Å². The minimum Gasteiger partial charge on any atom is -0.506 e. The summed E-state index contributed by atoms with van der Waals surface area (Å²) in [5, 5.41) is 21.7. The van der Waals surface area contributed by atoms with E-state index in [0.29, 0.717) is 22.0 Å². The predicted octanol–water partition coefficient (Wildman–Crippen LogP) is 4.93. The quantitative estimate of drug-likeness (QED) is 0.660. The standard InChI is InChI=1S/C19H13Cl2N3O/c1-10-16-9-23-4-5-24(16)18-13(6-12(8-22)19(25)17(10)18)11-2-3-14(20)15(21)7-11/h2-3,6-7,9,25H,4-5H2,1H3. The number of phenols is 1. The third-order valence-electron chi connectivity index (χ3n) is 4.61. The highest BCUT2D eigenvalue weighted by Crippen LogP contribution is 2.42. The smallest absolute Gasteiger partial charge is 0.143 e. The van der Waals surface area contributed by atoms with Crippen LogP contribution in [-0.2, 0) is 6.54 Å². The molecule has 0 spiro atoms. The van der Waals surface area contributed by atoms with Crippen LogP contribution in [0, 0.1) is 18.3 Å². The highest BCUT2D eigenvalue weighted by Gasteiger charge is 2.23. The number of halogens is 2. The van der Waals surface area contributed by atoms with E-state index in [9.17, 15) is 10.4 Å². The van der Waals surface area contributed by atoms with Crippen LogP contribution in [0.15, 0.2) is 29.3 Å². The van der Waals surface area contributed by atoms with E-state index >= 15 is 0 Å². The molecule has 2 aromatic carbocycles. The molecule has 6 heteroatoms. The number of rotatable bonds is 1. The number of benzene rings is 2. The van der Waals surface area contributed by atoms with Crippen LogP contribution >= 0.6 is 23.2 Å². The average Bonchev–Trinajstić information content (AvgIpc) is 2.92. The molecule has 1 aliphatic heterocycles. The Bertz CT molecular complexity index is 1110. The van der Waals surface area contributed by atoms with E-state index in [1.807, 2.05) is 19.2 Å². The first-order valence-electron chi connectivity index (χ1n) is 7.77. The van der Waals surface area contributed by atoms with E-state index in [2.05, 4.69) is 15.6 Å². The van der Waals surface area contributed by atoms with E-state index < -0.39 is 0 Å². The molecule has 1 aliphatic rings. The SMILES string of the molecule is Cc1c2n(c3c(-c4ccc(Cl)c(Cl)c4)cc(C#N)c(O)c13)CCN=C2. The fraction of sp³-hybridized carbons (Fsp3) is 0.158. The summed E-state index contributed by atoms with van der Waals surface area (Å²) in [7, 11) is 0. The van der Waals surface area contributed by atoms with Crippen molar-refractivity contribution >= 4 is 40.3 Å². The number of aryl methyl sites for hydroxylation is 1. The number of nitriles is 1. The molecule has 1 N–H and O–H groups in total. The van der Waals surface area contributed by atoms with Crippen LogP contribution in [-0.4, -0.2) is 22.4 Å². The molecule has 1 aromatic heterocycles. The van der Waals surface area contributed by atoms with Crippen molar-refractivity contribution in [2.24, 2.45) is 4.99 Å². The number of phenolic OH excluding ortho intramolecular Hbond substituents is 1. The lowest BCUT2D eigenvalue weighted by Gasteiger charge is -2.15. The predicted molar refractivity (Wildman–Crippen MR) is 101 cm³/mol. The lowest BCUT2D eigenvalue weighted by atomic mass is 9.97. The number of nitrogens with zero attached hydrogens (tertiary/aromatic N) is 3. The normalized spacial score (nSPS) is 13.0. The first kappa shape index (κ1) is 16.0. The summed E-state index contributed by atoms with van der Waals surface area (Å²) in [5.41, 5.74) is 4.67. The van der Waals surface area contributed by atoms with Gasteiger partial charge in [0.15, 0.2) is 0 Å². The molecule has 0 amide bonds. The van der Waals surface area contributed by atoms with Gasteiger partial charge in [-0.25, -0.2) is 0 Å². The summed E-state index contributed by atoms with van der Waals surface area (Å²) >= 11 is 12.2. The van der Waals surface area contributed by atoms with Crippen molar-refractivity contribution in [3.05, 3.63) is 51.1 Å². The zero-order chi connectivity index (χ0) is 17.7. The lowest BCUT2D eigenvalue weighted by molar-refractivity contribution is 0.480. The second kappa shape index (κ2) is 5.80. The van der Waals surface area contributed by atoms with Gasteiger partial charge >= 0.3 is 0 Å². The second-order valence-electron chi connectivity index (χ2n) is 5.98. The molecular weight excluding hydrogens is 357 g/mol. The minimum atomic E-state index is 0.00844. The number of hydrogen-bond acceptors (Lipinski definition) is 3. The Morgan fingerprint density at radius 1 is 1.24 bits per heavy atom. The first-order valence-corrected chi connectivity index (χ1v) is 8.52. The van der Waals surface area contributed by atoms with E-state index in [4.69, 9.17) is 23.2 Å². The number of hydrogen-bond donors (Lipinski definition) is 1. The van der Waals surface area contributed by atoms with E-state index in [1.54, 1.807) is 18.2 Å². The van der Waals surface area contributed by atoms with Crippen molar-refractivity contribution in [1.29, 1.82) is 5.26 Å². The van der Waals surface area contributed by atoms with Crippen molar-refractivity contribution in [3.63, 3.8) is 0 Å². The molecule has 4 rings (SSSR count). The Kier molecular flexibility index (Phi) is 3.72. The topological polar surface area (TPSA) is 61.3 Å². The Morgan fingerprint density at radius 3 is 2.76 bits per heavy atom. The molecule has 25 heavy (non-hydrogen) atoms. The summed E-state index contributed by atoms with van der Waals surface area (Å²) < 4.78 is 2.14. The zero-order valence-corrected chi connectivity index (χ0v) is 14.9. The Hall–Kier alpha value is -2.48. The van der Waals surface area contributed by atoms with Gasteiger partial charge < -0.3 is 9.67 Å². The van der Waals surface area contributed by atoms with Gasteiger partial charge in [0.25, 0.3) is 0 Å². The molecule has 0 atom stereocenters. The van der Waals surface area contributed by atoms with Crippen LogP contribution in [0.2, 0.25) is 10.0 Å². The van der Waals surface area contributed by atoms with Gasteiger partial charge in [0.1, 0.15) is 11.8 Å². The van der Waals surface area contributed by atoms with E-state index in [1.165, 1.54) is 0 Å². The summed E-state index contributed by atoms with van der Waals surface area (Å²) in [5.74, 6) is 0.00844. The fourth-order valence-electron chi connectivity index (χ4n) is 3.43. The van der Waals surface area contributed by atoms with Crippen LogP contribution in [0.3, 0.4) is 0 Å². The molecular formula is C19H13Cl2N3O. The minimum absolute atomic E-state index is 0.00844. The van der Waals surface area contributed by atoms with Crippen LogP contribution in [0.4, 0.5) is 0 Å². The highest BCUT2D eigenvalue weighted by atomic mass is 35.5. The molecule has 0 saturated heterocycles. The Morgan fingerprint density at radius 2 is 2.04 bits per heavy atom. The third kappa shape index (κ3) is 2.31. The number of aromatic hydroxyl groups is 1. The van der Waals surface area contributed by atoms with Crippen molar-refractivity contribution in [1.82, 2.24) is 4.57 Å². The Balaban J connectivity index is 2.17. The van der Waals surface area contributed by atoms with Crippen LogP contribution < -0.4 is 0 Å². The number of aromatic nitrogens is 1. The maximum atomic E-state index is 10.6. The molecule has 0 saturated carbocycles. The van der Waals surface area contributed by atoms with Crippen molar-refractivity contribution < 1.29 is 5.11 Å². The fourth-order valence-corrected chi connectivity index (χ4v) is 3.72. The Labute approximate surface area is 154 Å². The van der Waals surface area contributed by atoms with Crippen molar-refractivity contribution in [2.75, 3.05) is 6.54 Å². The van der Waals surface area contributed by atoms with Gasteiger partial charge in [-0.2, -0.15) is 5.26 Å².